The van der Waals surface area contributed by atoms with Gasteiger partial charge in [-0.2, -0.15) is 12.1 Å². The molecule has 3 aromatic rings. The standard InChI is InChI=1S/C12H8ClO.C5H5.Fe/c13-11-6-4-9(5-7-11)12-3-1-2-10(12)8-14;1-2-4-5-3-1;/h1-8H;1-5H;/q-1;-5;. The third-order valence-electron chi connectivity index (χ3n) is 2.69. The van der Waals surface area contributed by atoms with Gasteiger partial charge in [0.05, 0.1) is 0 Å². The molecule has 3 aromatic carbocycles. The summed E-state index contributed by atoms with van der Waals surface area (Å²) in [7, 11) is 0. The second-order valence-electron chi connectivity index (χ2n) is 3.98. The number of aldehydes is 1. The summed E-state index contributed by atoms with van der Waals surface area (Å²) in [5, 5.41) is 0.702. The average molecular weight is 325 g/mol. The fraction of sp³-hybridized carbons (Fsp3) is 0. The maximum atomic E-state index is 10.7. The van der Waals surface area contributed by atoms with Crippen molar-refractivity contribution in [2.75, 3.05) is 0 Å². The van der Waals surface area contributed by atoms with Crippen LogP contribution in [0.5, 0.6) is 0 Å². The van der Waals surface area contributed by atoms with Crippen LogP contribution in [0, 0.1) is 0 Å². The molecule has 0 amide bonds. The van der Waals surface area contributed by atoms with Gasteiger partial charge in [-0.05, 0) is 0 Å². The smallest absolute Gasteiger partial charge is 0.108 e. The Bertz CT molecular complexity index is 592. The maximum Gasteiger partial charge on any atom is 0.108 e. The van der Waals surface area contributed by atoms with Crippen molar-refractivity contribution in [3.8, 4) is 11.1 Å². The summed E-state index contributed by atoms with van der Waals surface area (Å²) in [6, 6.07) is 23.0. The summed E-state index contributed by atoms with van der Waals surface area (Å²) in [5.41, 5.74) is 2.69. The van der Waals surface area contributed by atoms with Crippen LogP contribution in [0.3, 0.4) is 0 Å². The Morgan fingerprint density at radius 3 is 2.00 bits per heavy atom. The molecule has 1 nitrogen and oxygen atoms in total. The molecular formula is C17H13ClFeO-6. The van der Waals surface area contributed by atoms with Crippen LogP contribution in [-0.4, -0.2) is 6.29 Å². The number of rotatable bonds is 2. The van der Waals surface area contributed by atoms with Gasteiger partial charge in [-0.25, -0.2) is 0 Å². The summed E-state index contributed by atoms with van der Waals surface area (Å²) in [6.07, 6.45) is 0.865. The van der Waals surface area contributed by atoms with E-state index in [0.717, 1.165) is 17.4 Å². The summed E-state index contributed by atoms with van der Waals surface area (Å²) in [4.78, 5) is 10.7. The van der Waals surface area contributed by atoms with Crippen LogP contribution >= 0.6 is 11.6 Å². The molecule has 0 atom stereocenters. The van der Waals surface area contributed by atoms with Crippen molar-refractivity contribution in [2.45, 2.75) is 0 Å². The third kappa shape index (κ3) is 4.50. The van der Waals surface area contributed by atoms with Crippen molar-refractivity contribution in [1.82, 2.24) is 0 Å². The predicted molar refractivity (Wildman–Crippen MR) is 79.9 cm³/mol. The number of hydrogen-bond acceptors (Lipinski definition) is 1. The van der Waals surface area contributed by atoms with Gasteiger partial charge < -0.3 is 35.1 Å². The molecule has 0 fully saturated rings. The van der Waals surface area contributed by atoms with Crippen molar-refractivity contribution in [3.63, 3.8) is 0 Å². The monoisotopic (exact) mass is 324 g/mol. The van der Waals surface area contributed by atoms with E-state index in [1.165, 1.54) is 0 Å². The average Bonchev–Trinajstić information content (AvgIpc) is 3.14. The zero-order chi connectivity index (χ0) is 13.5. The quantitative estimate of drug-likeness (QED) is 0.371. The van der Waals surface area contributed by atoms with Gasteiger partial charge in [0.25, 0.3) is 0 Å². The summed E-state index contributed by atoms with van der Waals surface area (Å²) in [5.74, 6) is 0. The van der Waals surface area contributed by atoms with Crippen LogP contribution < -0.4 is 0 Å². The first-order chi connectivity index (χ1) is 9.31. The molecule has 0 aliphatic rings. The van der Waals surface area contributed by atoms with Gasteiger partial charge in [-0.15, -0.1) is 11.6 Å². The first kappa shape index (κ1) is 16.5. The molecular weight excluding hydrogens is 311 g/mol. The van der Waals surface area contributed by atoms with E-state index < -0.39 is 0 Å². The van der Waals surface area contributed by atoms with Crippen molar-refractivity contribution >= 4 is 17.9 Å². The van der Waals surface area contributed by atoms with Crippen LogP contribution in [-0.2, 0) is 17.1 Å². The van der Waals surface area contributed by atoms with Crippen molar-refractivity contribution in [2.24, 2.45) is 0 Å². The number of halogens is 1. The van der Waals surface area contributed by atoms with Crippen LogP contribution in [0.4, 0.5) is 0 Å². The molecule has 0 radical (unpaired) electrons. The maximum absolute atomic E-state index is 10.7. The number of carbonyl (C=O) groups excluding carboxylic acids is 1. The molecule has 0 heterocycles. The Labute approximate surface area is 134 Å². The van der Waals surface area contributed by atoms with Crippen LogP contribution in [0.25, 0.3) is 11.1 Å². The molecule has 0 bridgehead atoms. The van der Waals surface area contributed by atoms with Gasteiger partial charge in [0.15, 0.2) is 0 Å². The molecule has 3 heteroatoms. The summed E-state index contributed by atoms with van der Waals surface area (Å²) in [6.45, 7) is 0. The molecule has 20 heavy (non-hydrogen) atoms. The second-order valence-corrected chi connectivity index (χ2v) is 4.42. The van der Waals surface area contributed by atoms with Gasteiger partial charge in [-0.3, -0.25) is 0 Å². The molecule has 0 unspecified atom stereocenters. The van der Waals surface area contributed by atoms with Crippen molar-refractivity contribution < 1.29 is 21.9 Å². The third-order valence-corrected chi connectivity index (χ3v) is 2.94. The summed E-state index contributed by atoms with van der Waals surface area (Å²) < 4.78 is 0. The van der Waals surface area contributed by atoms with E-state index in [2.05, 4.69) is 0 Å². The number of hydrogen-bond donors (Lipinski definition) is 0. The normalized spacial score (nSPS) is 9.05. The van der Waals surface area contributed by atoms with Gasteiger partial charge in [-0.1, -0.05) is 47.0 Å². The minimum absolute atomic E-state index is 0. The molecule has 0 N–H and O–H groups in total. The summed E-state index contributed by atoms with van der Waals surface area (Å²) >= 11 is 5.78. The zero-order valence-corrected chi connectivity index (χ0v) is 12.5. The molecule has 0 spiro atoms. The van der Waals surface area contributed by atoms with E-state index in [1.807, 2.05) is 66.7 Å². The van der Waals surface area contributed by atoms with Crippen LogP contribution in [0.15, 0.2) is 72.8 Å². The van der Waals surface area contributed by atoms with E-state index in [9.17, 15) is 4.79 Å². The Hall–Kier alpha value is -1.60. The van der Waals surface area contributed by atoms with Crippen molar-refractivity contribution in [1.29, 1.82) is 0 Å². The van der Waals surface area contributed by atoms with Gasteiger partial charge in [0.2, 0.25) is 0 Å². The minimum atomic E-state index is 0. The van der Waals surface area contributed by atoms with Crippen molar-refractivity contribution in [3.05, 3.63) is 83.4 Å². The predicted octanol–water partition coefficient (Wildman–Crippen LogP) is 4.94. The Morgan fingerprint density at radius 1 is 0.950 bits per heavy atom. The van der Waals surface area contributed by atoms with E-state index >= 15 is 0 Å². The van der Waals surface area contributed by atoms with E-state index in [0.29, 0.717) is 10.6 Å². The molecule has 0 aliphatic carbocycles. The SMILES string of the molecule is O=C[c-]1cccc1-c1ccc(Cl)cc1.[Fe].[cH-]1[cH-][cH-][cH-][cH-]1. The first-order valence-corrected chi connectivity index (χ1v) is 6.32. The Balaban J connectivity index is 0.000000283. The van der Waals surface area contributed by atoms with Gasteiger partial charge >= 0.3 is 0 Å². The minimum Gasteiger partial charge on any atom is -0.748 e. The molecule has 3 rings (SSSR count). The number of carbonyl (C=O) groups is 1. The molecule has 0 saturated heterocycles. The van der Waals surface area contributed by atoms with E-state index in [-0.39, 0.29) is 17.1 Å². The fourth-order valence-electron chi connectivity index (χ4n) is 1.75. The Kier molecular flexibility index (Phi) is 7.03. The molecule has 108 valence electrons. The topological polar surface area (TPSA) is 17.1 Å². The second kappa shape index (κ2) is 8.55. The van der Waals surface area contributed by atoms with Gasteiger partial charge in [0.1, 0.15) is 6.29 Å². The molecule has 0 aliphatic heterocycles. The van der Waals surface area contributed by atoms with E-state index in [1.54, 1.807) is 6.07 Å². The number of benzene rings is 1. The van der Waals surface area contributed by atoms with Crippen LogP contribution in [0.2, 0.25) is 5.02 Å². The van der Waals surface area contributed by atoms with Gasteiger partial charge in [0, 0.05) is 22.1 Å². The molecule has 0 aromatic heterocycles. The first-order valence-electron chi connectivity index (χ1n) is 5.95. The van der Waals surface area contributed by atoms with E-state index in [4.69, 9.17) is 11.6 Å². The fourth-order valence-corrected chi connectivity index (χ4v) is 1.88. The van der Waals surface area contributed by atoms with Crippen LogP contribution in [0.1, 0.15) is 10.4 Å². The largest absolute Gasteiger partial charge is 0.748 e. The zero-order valence-electron chi connectivity index (χ0n) is 10.6. The Morgan fingerprint density at radius 2 is 1.50 bits per heavy atom. The molecule has 0 saturated carbocycles.